The highest BCUT2D eigenvalue weighted by Crippen LogP contribution is 2.28. The van der Waals surface area contributed by atoms with Gasteiger partial charge in [0.1, 0.15) is 18.1 Å². The molecule has 3 aromatic carbocycles. The van der Waals surface area contributed by atoms with Crippen LogP contribution in [0.15, 0.2) is 81.8 Å². The zero-order valence-electron chi connectivity index (χ0n) is 26.8. The minimum Gasteiger partial charge on any atom is -0.492 e. The molecule has 0 amide bonds. The van der Waals surface area contributed by atoms with Crippen LogP contribution in [-0.4, -0.2) is 60.8 Å². The normalized spacial score (nSPS) is 11.9. The lowest BCUT2D eigenvalue weighted by atomic mass is 10.1. The van der Waals surface area contributed by atoms with E-state index in [2.05, 4.69) is 55.5 Å². The molecular weight excluding hydrogens is 744 g/mol. The summed E-state index contributed by atoms with van der Waals surface area (Å²) in [6.07, 6.45) is 3.80. The first kappa shape index (κ1) is 38.4. The van der Waals surface area contributed by atoms with E-state index in [4.69, 9.17) is 18.9 Å². The third-order valence-corrected chi connectivity index (χ3v) is 7.93. The van der Waals surface area contributed by atoms with E-state index in [0.717, 1.165) is 37.6 Å². The van der Waals surface area contributed by atoms with Gasteiger partial charge in [-0.1, -0.05) is 35.8 Å². The van der Waals surface area contributed by atoms with Crippen molar-refractivity contribution in [1.29, 1.82) is 0 Å². The maximum atomic E-state index is 11.3. The smallest absolute Gasteiger partial charge is 0.333 e. The number of unbranched alkanes of at least 4 members (excludes halogenated alkanes) is 1. The predicted octanol–water partition coefficient (Wildman–Crippen LogP) is 7.47. The average molecular weight is 783 g/mol. The van der Waals surface area contributed by atoms with Gasteiger partial charge >= 0.3 is 11.9 Å². The second kappa shape index (κ2) is 21.0. The number of carboxylic acid groups (broad SMARTS) is 2. The van der Waals surface area contributed by atoms with Crippen LogP contribution in [-0.2, 0) is 31.9 Å². The van der Waals surface area contributed by atoms with Crippen LogP contribution in [0.25, 0.3) is 0 Å². The third-order valence-electron chi connectivity index (χ3n) is 6.70. The van der Waals surface area contributed by atoms with Crippen molar-refractivity contribution < 1.29 is 38.7 Å². The quantitative estimate of drug-likeness (QED) is 0.107. The van der Waals surface area contributed by atoms with E-state index in [0.29, 0.717) is 44.3 Å². The number of carboxylic acids is 2. The monoisotopic (exact) mass is 780 g/mol. The van der Waals surface area contributed by atoms with Crippen LogP contribution in [0.5, 0.6) is 11.5 Å². The Balaban J connectivity index is 1.37. The second-order valence-electron chi connectivity index (χ2n) is 10.3. The number of rotatable bonds is 17. The number of ether oxygens (including phenoxy) is 4. The molecule has 0 aliphatic rings. The minimum atomic E-state index is -0.984. The number of allylic oxidation sites excluding steroid dienone is 1. The highest BCUT2D eigenvalue weighted by Gasteiger charge is 2.19. The van der Waals surface area contributed by atoms with Gasteiger partial charge in [0, 0.05) is 43.6 Å². The van der Waals surface area contributed by atoms with Gasteiger partial charge in [-0.3, -0.25) is 0 Å². The Labute approximate surface area is 298 Å². The van der Waals surface area contributed by atoms with Gasteiger partial charge in [0.05, 0.1) is 15.6 Å². The number of benzene rings is 3. The zero-order chi connectivity index (χ0) is 34.7. The number of hydrogen-bond donors (Lipinski definition) is 2. The Morgan fingerprint density at radius 3 is 1.79 bits per heavy atom. The molecule has 2 atom stereocenters. The summed E-state index contributed by atoms with van der Waals surface area (Å²) < 4.78 is 23.7. The van der Waals surface area contributed by atoms with Crippen LogP contribution in [0.2, 0.25) is 0 Å². The molecule has 2 unspecified atom stereocenters. The van der Waals surface area contributed by atoms with E-state index in [-0.39, 0.29) is 12.8 Å². The van der Waals surface area contributed by atoms with Crippen molar-refractivity contribution >= 4 is 43.8 Å². The van der Waals surface area contributed by atoms with Gasteiger partial charge in [0.15, 0.2) is 12.2 Å². The number of halogens is 2. The van der Waals surface area contributed by atoms with Crippen molar-refractivity contribution in [1.82, 2.24) is 0 Å². The summed E-state index contributed by atoms with van der Waals surface area (Å²) in [7, 11) is 0. The summed E-state index contributed by atoms with van der Waals surface area (Å²) in [6.45, 7) is 5.05. The Bertz CT molecular complexity index is 1660. The van der Waals surface area contributed by atoms with Gasteiger partial charge in [-0.05, 0) is 124 Å². The fraction of sp³-hybridized carbons (Fsp3) is 0.316. The van der Waals surface area contributed by atoms with E-state index in [1.807, 2.05) is 60.7 Å². The molecule has 0 aliphatic heterocycles. The van der Waals surface area contributed by atoms with Crippen molar-refractivity contribution in [3.63, 3.8) is 0 Å². The summed E-state index contributed by atoms with van der Waals surface area (Å²) in [5, 5.41) is 18.6. The number of aliphatic carboxylic acids is 2. The molecule has 2 N–H and O–H groups in total. The molecule has 3 rings (SSSR count). The number of hydrogen-bond acceptors (Lipinski definition) is 6. The topological polar surface area (TPSA) is 112 Å². The standard InChI is InChI=1S/C38H38Br2O8/c1-3-45-35(37(41)42)25-29-17-19-33(31(39)23-29)47-21-9-5-7-11-27-13-15-28(16-14-27)12-8-6-10-22-48-34-20-18-30(24-32(34)40)26-36(38(43)44)46-4-2/h5,9,13-20,23-24,35-36H,3-4,6,10,21-22,25-26H2,1-2H3,(H,41,42)(H,43,44)/b9-5+. The van der Waals surface area contributed by atoms with E-state index in [1.54, 1.807) is 26.0 Å². The molecule has 0 saturated heterocycles. The van der Waals surface area contributed by atoms with E-state index in [9.17, 15) is 19.8 Å². The first-order valence-electron chi connectivity index (χ1n) is 15.5. The molecule has 252 valence electrons. The molecule has 0 radical (unpaired) electrons. The molecule has 0 bridgehead atoms. The third kappa shape index (κ3) is 13.6. The summed E-state index contributed by atoms with van der Waals surface area (Å²) in [5.41, 5.74) is 3.46. The molecule has 0 aliphatic carbocycles. The highest BCUT2D eigenvalue weighted by molar-refractivity contribution is 9.10. The van der Waals surface area contributed by atoms with Gasteiger partial charge in [0.25, 0.3) is 0 Å². The molecule has 0 spiro atoms. The molecule has 0 aromatic heterocycles. The lowest BCUT2D eigenvalue weighted by Gasteiger charge is -2.14. The fourth-order valence-corrected chi connectivity index (χ4v) is 5.44. The van der Waals surface area contributed by atoms with Crippen molar-refractivity contribution in [2.45, 2.75) is 51.7 Å². The lowest BCUT2D eigenvalue weighted by Crippen LogP contribution is -2.26. The lowest BCUT2D eigenvalue weighted by molar-refractivity contribution is -0.150. The molecule has 8 nitrogen and oxygen atoms in total. The van der Waals surface area contributed by atoms with Crippen LogP contribution in [0.1, 0.15) is 48.9 Å². The van der Waals surface area contributed by atoms with E-state index >= 15 is 0 Å². The van der Waals surface area contributed by atoms with Gasteiger partial charge < -0.3 is 29.2 Å². The minimum absolute atomic E-state index is 0.271. The predicted molar refractivity (Wildman–Crippen MR) is 191 cm³/mol. The SMILES string of the molecule is CCOC(Cc1ccc(OC/C=C/C#Cc2ccc(C#CCCCOc3ccc(CC(OCC)C(=O)O)cc3Br)cc2)c(Br)c1)C(=O)O. The maximum Gasteiger partial charge on any atom is 0.333 e. The highest BCUT2D eigenvalue weighted by atomic mass is 79.9. The van der Waals surface area contributed by atoms with Crippen molar-refractivity contribution in [3.05, 3.63) is 104 Å². The van der Waals surface area contributed by atoms with Gasteiger partial charge in [-0.15, -0.1) is 0 Å². The van der Waals surface area contributed by atoms with E-state index < -0.39 is 24.1 Å². The van der Waals surface area contributed by atoms with Crippen LogP contribution in [0, 0.1) is 23.7 Å². The fourth-order valence-electron chi connectivity index (χ4n) is 4.36. The van der Waals surface area contributed by atoms with Crippen LogP contribution in [0.4, 0.5) is 0 Å². The molecule has 0 heterocycles. The molecule has 0 fully saturated rings. The molecule has 48 heavy (non-hydrogen) atoms. The van der Waals surface area contributed by atoms with Gasteiger partial charge in [-0.2, -0.15) is 0 Å². The molecule has 10 heteroatoms. The summed E-state index contributed by atoms with van der Waals surface area (Å²) in [5.74, 6) is 11.8. The number of carbonyl (C=O) groups is 2. The van der Waals surface area contributed by atoms with Crippen molar-refractivity contribution in [3.8, 4) is 35.2 Å². The van der Waals surface area contributed by atoms with Crippen LogP contribution in [0.3, 0.4) is 0 Å². The van der Waals surface area contributed by atoms with Gasteiger partial charge in [-0.25, -0.2) is 9.59 Å². The Morgan fingerprint density at radius 2 is 1.29 bits per heavy atom. The zero-order valence-corrected chi connectivity index (χ0v) is 30.0. The summed E-state index contributed by atoms with van der Waals surface area (Å²) in [6, 6.07) is 18.7. The van der Waals surface area contributed by atoms with E-state index in [1.165, 1.54) is 0 Å². The maximum absolute atomic E-state index is 11.3. The Kier molecular flexibility index (Phi) is 16.8. The molecule has 0 saturated carbocycles. The first-order valence-corrected chi connectivity index (χ1v) is 17.1. The van der Waals surface area contributed by atoms with Crippen LogP contribution < -0.4 is 9.47 Å². The Hall–Kier alpha value is -4.06. The van der Waals surface area contributed by atoms with Gasteiger partial charge in [0.2, 0.25) is 0 Å². The van der Waals surface area contributed by atoms with Crippen molar-refractivity contribution in [2.24, 2.45) is 0 Å². The second-order valence-corrected chi connectivity index (χ2v) is 12.0. The van der Waals surface area contributed by atoms with Crippen LogP contribution >= 0.6 is 31.9 Å². The van der Waals surface area contributed by atoms with Crippen molar-refractivity contribution in [2.75, 3.05) is 26.4 Å². The molecular formula is C38H38Br2O8. The first-order chi connectivity index (χ1) is 23.2. The average Bonchev–Trinajstić information content (AvgIpc) is 3.06. The largest absolute Gasteiger partial charge is 0.492 e. The molecule has 3 aromatic rings. The summed E-state index contributed by atoms with van der Waals surface area (Å²) in [4.78, 5) is 22.7. The Morgan fingerprint density at radius 1 is 0.771 bits per heavy atom. The summed E-state index contributed by atoms with van der Waals surface area (Å²) >= 11 is 6.99.